The van der Waals surface area contributed by atoms with Crippen LogP contribution in [0.15, 0.2) is 52.0 Å². The molecule has 3 rings (SSSR count). The van der Waals surface area contributed by atoms with Gasteiger partial charge < -0.3 is 4.98 Å². The van der Waals surface area contributed by atoms with Gasteiger partial charge in [-0.25, -0.2) is 0 Å². The van der Waals surface area contributed by atoms with Gasteiger partial charge in [0.15, 0.2) is 4.32 Å². The van der Waals surface area contributed by atoms with Crippen LogP contribution in [0.3, 0.4) is 0 Å². The van der Waals surface area contributed by atoms with Crippen LogP contribution in [0.5, 0.6) is 0 Å². The number of thiocarbonyl (C=S) groups is 1. The van der Waals surface area contributed by atoms with E-state index in [4.69, 9.17) is 12.2 Å². The molecule has 1 aromatic carbocycles. The SMILES string of the molecule is O=C1/C(=C/c2ccc[nH]2)SC(=S)N1c1ccc(Br)cc1. The monoisotopic (exact) mass is 364 g/mol. The number of carbonyl (C=O) groups is 1. The van der Waals surface area contributed by atoms with E-state index in [-0.39, 0.29) is 5.91 Å². The fraction of sp³-hybridized carbons (Fsp3) is 0. The molecular weight excluding hydrogens is 356 g/mol. The molecule has 1 N–H and O–H groups in total. The van der Waals surface area contributed by atoms with Crippen LogP contribution in [-0.4, -0.2) is 15.2 Å². The van der Waals surface area contributed by atoms with Crippen LogP contribution in [-0.2, 0) is 4.79 Å². The van der Waals surface area contributed by atoms with Gasteiger partial charge in [0.05, 0.1) is 10.6 Å². The normalized spacial score (nSPS) is 17.2. The molecule has 0 atom stereocenters. The van der Waals surface area contributed by atoms with E-state index in [0.29, 0.717) is 9.23 Å². The van der Waals surface area contributed by atoms with Crippen molar-refractivity contribution < 1.29 is 4.79 Å². The molecule has 0 radical (unpaired) electrons. The standard InChI is InChI=1S/C14H9BrN2OS2/c15-9-3-5-11(6-4-9)17-13(18)12(20-14(17)19)8-10-2-1-7-16-10/h1-8,16H/b12-8-. The zero-order valence-corrected chi connectivity index (χ0v) is 13.4. The van der Waals surface area contributed by atoms with E-state index in [9.17, 15) is 4.79 Å². The first-order valence-corrected chi connectivity index (χ1v) is 7.84. The van der Waals surface area contributed by atoms with E-state index < -0.39 is 0 Å². The number of rotatable bonds is 2. The van der Waals surface area contributed by atoms with Crippen molar-refractivity contribution in [2.45, 2.75) is 0 Å². The van der Waals surface area contributed by atoms with Crippen molar-refractivity contribution in [2.24, 2.45) is 0 Å². The Morgan fingerprint density at radius 3 is 2.65 bits per heavy atom. The first kappa shape index (κ1) is 13.6. The van der Waals surface area contributed by atoms with Crippen LogP contribution in [0.4, 0.5) is 5.69 Å². The number of thioether (sulfide) groups is 1. The molecular formula is C14H9BrN2OS2. The van der Waals surface area contributed by atoms with Gasteiger partial charge >= 0.3 is 0 Å². The predicted octanol–water partition coefficient (Wildman–Crippen LogP) is 4.18. The van der Waals surface area contributed by atoms with Crippen molar-refractivity contribution in [1.29, 1.82) is 0 Å². The van der Waals surface area contributed by atoms with E-state index in [0.717, 1.165) is 15.9 Å². The molecule has 3 nitrogen and oxygen atoms in total. The van der Waals surface area contributed by atoms with Crippen LogP contribution in [0, 0.1) is 0 Å². The first-order valence-electron chi connectivity index (χ1n) is 5.82. The highest BCUT2D eigenvalue weighted by molar-refractivity contribution is 9.10. The van der Waals surface area contributed by atoms with E-state index in [1.54, 1.807) is 4.90 Å². The molecule has 0 unspecified atom stereocenters. The lowest BCUT2D eigenvalue weighted by molar-refractivity contribution is -0.113. The number of amides is 1. The predicted molar refractivity (Wildman–Crippen MR) is 90.6 cm³/mol. The summed E-state index contributed by atoms with van der Waals surface area (Å²) in [6.07, 6.45) is 3.64. The van der Waals surface area contributed by atoms with Gasteiger partial charge in [-0.3, -0.25) is 9.69 Å². The van der Waals surface area contributed by atoms with Gasteiger partial charge in [-0.05, 0) is 42.5 Å². The summed E-state index contributed by atoms with van der Waals surface area (Å²) in [5, 5.41) is 0. The third-order valence-corrected chi connectivity index (χ3v) is 4.62. The lowest BCUT2D eigenvalue weighted by Crippen LogP contribution is -2.27. The van der Waals surface area contributed by atoms with Crippen LogP contribution >= 0.6 is 39.9 Å². The van der Waals surface area contributed by atoms with Crippen molar-refractivity contribution in [3.8, 4) is 0 Å². The largest absolute Gasteiger partial charge is 0.362 e. The Hall–Kier alpha value is -1.37. The van der Waals surface area contributed by atoms with Crippen molar-refractivity contribution in [3.63, 3.8) is 0 Å². The highest BCUT2D eigenvalue weighted by atomic mass is 79.9. The molecule has 1 saturated heterocycles. The molecule has 2 heterocycles. The number of hydrogen-bond donors (Lipinski definition) is 1. The highest BCUT2D eigenvalue weighted by Gasteiger charge is 2.33. The van der Waals surface area contributed by atoms with Crippen LogP contribution < -0.4 is 4.90 Å². The molecule has 1 aliphatic heterocycles. The summed E-state index contributed by atoms with van der Waals surface area (Å²) in [5.74, 6) is -0.0862. The number of nitrogens with one attached hydrogen (secondary N) is 1. The van der Waals surface area contributed by atoms with Gasteiger partial charge in [0.1, 0.15) is 0 Å². The average molecular weight is 365 g/mol. The minimum absolute atomic E-state index is 0.0862. The summed E-state index contributed by atoms with van der Waals surface area (Å²) in [4.78, 5) is 17.7. The number of halogens is 1. The molecule has 1 fully saturated rings. The number of nitrogens with zero attached hydrogens (tertiary/aromatic N) is 1. The Bertz CT molecular complexity index is 692. The molecule has 1 aromatic heterocycles. The Morgan fingerprint density at radius 2 is 2.00 bits per heavy atom. The molecule has 20 heavy (non-hydrogen) atoms. The van der Waals surface area contributed by atoms with Gasteiger partial charge in [0, 0.05) is 16.4 Å². The minimum Gasteiger partial charge on any atom is -0.362 e. The Morgan fingerprint density at radius 1 is 1.25 bits per heavy atom. The lowest BCUT2D eigenvalue weighted by atomic mass is 10.3. The summed E-state index contributed by atoms with van der Waals surface area (Å²) in [6.45, 7) is 0. The molecule has 0 bridgehead atoms. The van der Waals surface area contributed by atoms with Crippen LogP contribution in [0.2, 0.25) is 0 Å². The second-order valence-corrected chi connectivity index (χ2v) is 6.71. The summed E-state index contributed by atoms with van der Waals surface area (Å²) in [5.41, 5.74) is 1.67. The Balaban J connectivity index is 1.93. The van der Waals surface area contributed by atoms with Crippen molar-refractivity contribution >= 4 is 61.9 Å². The van der Waals surface area contributed by atoms with E-state index in [1.807, 2.05) is 48.7 Å². The van der Waals surface area contributed by atoms with E-state index in [2.05, 4.69) is 20.9 Å². The molecule has 1 aliphatic rings. The van der Waals surface area contributed by atoms with Crippen LogP contribution in [0.25, 0.3) is 6.08 Å². The fourth-order valence-corrected chi connectivity index (χ4v) is 3.41. The first-order chi connectivity index (χ1) is 9.65. The lowest BCUT2D eigenvalue weighted by Gasteiger charge is -2.14. The maximum atomic E-state index is 12.5. The smallest absolute Gasteiger partial charge is 0.270 e. The number of benzene rings is 1. The number of H-pyrrole nitrogens is 1. The van der Waals surface area contributed by atoms with Gasteiger partial charge in [-0.2, -0.15) is 0 Å². The average Bonchev–Trinajstić information content (AvgIpc) is 3.02. The molecule has 6 heteroatoms. The molecule has 2 aromatic rings. The van der Waals surface area contributed by atoms with E-state index >= 15 is 0 Å². The number of carbonyl (C=O) groups excluding carboxylic acids is 1. The number of hydrogen-bond acceptors (Lipinski definition) is 3. The summed E-state index contributed by atoms with van der Waals surface area (Å²) in [6, 6.07) is 11.3. The highest BCUT2D eigenvalue weighted by Crippen LogP contribution is 2.36. The molecule has 0 spiro atoms. The second kappa shape index (κ2) is 5.55. The third-order valence-electron chi connectivity index (χ3n) is 2.79. The maximum Gasteiger partial charge on any atom is 0.270 e. The van der Waals surface area contributed by atoms with Gasteiger partial charge in [0.2, 0.25) is 0 Å². The van der Waals surface area contributed by atoms with E-state index in [1.165, 1.54) is 11.8 Å². The number of aromatic amines is 1. The van der Waals surface area contributed by atoms with Gasteiger partial charge in [-0.15, -0.1) is 0 Å². The van der Waals surface area contributed by atoms with Crippen molar-refractivity contribution in [1.82, 2.24) is 4.98 Å². The number of aromatic nitrogens is 1. The number of anilines is 1. The second-order valence-electron chi connectivity index (χ2n) is 4.12. The maximum absolute atomic E-state index is 12.5. The van der Waals surface area contributed by atoms with Crippen molar-refractivity contribution in [2.75, 3.05) is 4.90 Å². The zero-order valence-electron chi connectivity index (χ0n) is 10.2. The molecule has 100 valence electrons. The topological polar surface area (TPSA) is 36.1 Å². The summed E-state index contributed by atoms with van der Waals surface area (Å²) >= 11 is 10.0. The zero-order chi connectivity index (χ0) is 14.1. The summed E-state index contributed by atoms with van der Waals surface area (Å²) < 4.78 is 1.52. The Labute approximate surface area is 134 Å². The molecule has 0 saturated carbocycles. The van der Waals surface area contributed by atoms with Gasteiger partial charge in [0.25, 0.3) is 5.91 Å². The van der Waals surface area contributed by atoms with Gasteiger partial charge in [-0.1, -0.05) is 39.9 Å². The molecule has 0 aliphatic carbocycles. The van der Waals surface area contributed by atoms with Crippen molar-refractivity contribution in [3.05, 3.63) is 57.7 Å². The molecule has 1 amide bonds. The summed E-state index contributed by atoms with van der Waals surface area (Å²) in [7, 11) is 0. The third kappa shape index (κ3) is 2.59. The quantitative estimate of drug-likeness (QED) is 0.641. The van der Waals surface area contributed by atoms with Crippen LogP contribution in [0.1, 0.15) is 5.69 Å². The fourth-order valence-electron chi connectivity index (χ4n) is 1.86. The Kier molecular flexibility index (Phi) is 3.78. The minimum atomic E-state index is -0.0862.